The summed E-state index contributed by atoms with van der Waals surface area (Å²) in [4.78, 5) is 58.8. The molecule has 0 spiro atoms. The Morgan fingerprint density at radius 2 is 1.60 bits per heavy atom. The standard InChI is InChI=1S/C34H29ClN2O5/c1-18-11-12-21(16-27(18)35)36-30(39)24-14-13-23-25(28(24)32(36)41)17-26-31(40)37(20-8-4-3-5-9-20)33(42)34(26,2)29(23)19-7-6-10-22(38)15-19/h3-13,15-16,24-26,28-29,38H,14,17H2,1-2H3. The molecule has 2 heterocycles. The van der Waals surface area contributed by atoms with E-state index in [1.807, 2.05) is 32.1 Å². The van der Waals surface area contributed by atoms with Gasteiger partial charge in [0.25, 0.3) is 0 Å². The molecule has 6 unspecified atom stereocenters. The number of allylic oxidation sites excluding steroid dienone is 2. The number of para-hydroxylation sites is 1. The van der Waals surface area contributed by atoms with Crippen molar-refractivity contribution < 1.29 is 24.3 Å². The van der Waals surface area contributed by atoms with Gasteiger partial charge in [0.1, 0.15) is 5.75 Å². The van der Waals surface area contributed by atoms with Crippen molar-refractivity contribution in [2.45, 2.75) is 32.6 Å². The second-order valence-electron chi connectivity index (χ2n) is 12.0. The lowest BCUT2D eigenvalue weighted by atomic mass is 9.51. The van der Waals surface area contributed by atoms with E-state index in [1.165, 1.54) is 9.80 Å². The van der Waals surface area contributed by atoms with Crippen LogP contribution in [0.15, 0.2) is 84.4 Å². The Morgan fingerprint density at radius 1 is 0.833 bits per heavy atom. The van der Waals surface area contributed by atoms with Gasteiger partial charge in [-0.3, -0.25) is 19.2 Å². The number of rotatable bonds is 3. The fraction of sp³-hybridized carbons (Fsp3) is 0.294. The molecule has 7 nitrogen and oxygen atoms in total. The summed E-state index contributed by atoms with van der Waals surface area (Å²) >= 11 is 6.37. The van der Waals surface area contributed by atoms with Crippen LogP contribution in [0.25, 0.3) is 0 Å². The lowest BCUT2D eigenvalue weighted by Crippen LogP contribution is -2.48. The van der Waals surface area contributed by atoms with Gasteiger partial charge in [-0.25, -0.2) is 9.80 Å². The molecule has 8 heteroatoms. The third kappa shape index (κ3) is 3.59. The van der Waals surface area contributed by atoms with Crippen molar-refractivity contribution in [1.82, 2.24) is 0 Å². The first kappa shape index (κ1) is 26.7. The molecule has 3 aromatic carbocycles. The van der Waals surface area contributed by atoms with Gasteiger partial charge in [-0.1, -0.05) is 59.6 Å². The van der Waals surface area contributed by atoms with E-state index < -0.39 is 35.0 Å². The van der Waals surface area contributed by atoms with Gasteiger partial charge in [0.2, 0.25) is 23.6 Å². The Labute approximate surface area is 248 Å². The van der Waals surface area contributed by atoms with Crippen molar-refractivity contribution in [2.75, 3.05) is 9.80 Å². The molecule has 4 amide bonds. The summed E-state index contributed by atoms with van der Waals surface area (Å²) in [5, 5.41) is 10.9. The van der Waals surface area contributed by atoms with Crippen LogP contribution >= 0.6 is 11.6 Å². The molecular weight excluding hydrogens is 552 g/mol. The molecule has 42 heavy (non-hydrogen) atoms. The van der Waals surface area contributed by atoms with Crippen LogP contribution < -0.4 is 9.80 Å². The summed E-state index contributed by atoms with van der Waals surface area (Å²) < 4.78 is 0. The average molecular weight is 581 g/mol. The number of phenols is 1. The number of fused-ring (bicyclic) bond motifs is 4. The number of amides is 4. The summed E-state index contributed by atoms with van der Waals surface area (Å²) in [5.74, 6) is -4.10. The maximum absolute atomic E-state index is 14.3. The van der Waals surface area contributed by atoms with Crippen molar-refractivity contribution in [1.29, 1.82) is 0 Å². The van der Waals surface area contributed by atoms with Crippen molar-refractivity contribution in [2.24, 2.45) is 29.1 Å². The number of benzene rings is 3. The zero-order valence-electron chi connectivity index (χ0n) is 23.2. The SMILES string of the molecule is Cc1ccc(N2C(=O)C3CC=C4C(CC5C(=O)N(c6ccccc6)C(=O)C5(C)C4c4cccc(O)c4)C3C2=O)cc1Cl. The monoisotopic (exact) mass is 580 g/mol. The Balaban J connectivity index is 1.36. The zero-order valence-corrected chi connectivity index (χ0v) is 23.9. The molecule has 3 aromatic rings. The minimum atomic E-state index is -1.15. The predicted octanol–water partition coefficient (Wildman–Crippen LogP) is 5.79. The summed E-state index contributed by atoms with van der Waals surface area (Å²) in [6.45, 7) is 3.69. The number of aryl methyl sites for hydroxylation is 1. The second kappa shape index (κ2) is 9.39. The summed E-state index contributed by atoms with van der Waals surface area (Å²) in [7, 11) is 0. The minimum Gasteiger partial charge on any atom is -0.508 e. The molecule has 7 rings (SSSR count). The van der Waals surface area contributed by atoms with E-state index >= 15 is 0 Å². The van der Waals surface area contributed by atoms with Crippen LogP contribution in [-0.2, 0) is 19.2 Å². The maximum Gasteiger partial charge on any atom is 0.241 e. The summed E-state index contributed by atoms with van der Waals surface area (Å²) in [6.07, 6.45) is 2.62. The van der Waals surface area contributed by atoms with E-state index in [1.54, 1.807) is 60.7 Å². The summed E-state index contributed by atoms with van der Waals surface area (Å²) in [6, 6.07) is 20.8. The maximum atomic E-state index is 14.3. The highest BCUT2D eigenvalue weighted by Gasteiger charge is 2.67. The quantitative estimate of drug-likeness (QED) is 0.313. The first-order valence-corrected chi connectivity index (χ1v) is 14.6. The third-order valence-corrected chi connectivity index (χ3v) is 10.3. The van der Waals surface area contributed by atoms with Gasteiger partial charge in [-0.2, -0.15) is 0 Å². The van der Waals surface area contributed by atoms with Crippen LogP contribution in [0.3, 0.4) is 0 Å². The van der Waals surface area contributed by atoms with Crippen molar-refractivity contribution in [3.63, 3.8) is 0 Å². The predicted molar refractivity (Wildman–Crippen MR) is 158 cm³/mol. The molecule has 0 bridgehead atoms. The number of phenolic OH excluding ortho intramolecular Hbond substituents is 1. The highest BCUT2D eigenvalue weighted by molar-refractivity contribution is 6.32. The molecule has 1 saturated carbocycles. The van der Waals surface area contributed by atoms with E-state index in [9.17, 15) is 24.3 Å². The van der Waals surface area contributed by atoms with Gasteiger partial charge in [0.15, 0.2) is 0 Å². The smallest absolute Gasteiger partial charge is 0.241 e. The van der Waals surface area contributed by atoms with Crippen LogP contribution in [0, 0.1) is 36.0 Å². The van der Waals surface area contributed by atoms with Crippen LogP contribution in [-0.4, -0.2) is 28.7 Å². The van der Waals surface area contributed by atoms with E-state index in [0.717, 1.165) is 11.1 Å². The van der Waals surface area contributed by atoms with Crippen LogP contribution in [0.1, 0.15) is 36.8 Å². The molecule has 6 atom stereocenters. The van der Waals surface area contributed by atoms with Gasteiger partial charge in [-0.15, -0.1) is 0 Å². The fourth-order valence-electron chi connectivity index (χ4n) is 7.90. The number of carbonyl (C=O) groups is 4. The number of halogens is 1. The fourth-order valence-corrected chi connectivity index (χ4v) is 8.07. The molecule has 2 aliphatic carbocycles. The molecule has 3 fully saturated rings. The van der Waals surface area contributed by atoms with Crippen molar-refractivity contribution in [3.8, 4) is 5.75 Å². The second-order valence-corrected chi connectivity index (χ2v) is 12.4. The molecule has 1 N–H and O–H groups in total. The van der Waals surface area contributed by atoms with E-state index in [2.05, 4.69) is 0 Å². The van der Waals surface area contributed by atoms with E-state index in [-0.39, 0.29) is 35.8 Å². The molecule has 4 aliphatic rings. The number of nitrogens with zero attached hydrogens (tertiary/aromatic N) is 2. The first-order valence-electron chi connectivity index (χ1n) is 14.2. The van der Waals surface area contributed by atoms with E-state index in [4.69, 9.17) is 11.6 Å². The van der Waals surface area contributed by atoms with Gasteiger partial charge >= 0.3 is 0 Å². The topological polar surface area (TPSA) is 95.0 Å². The van der Waals surface area contributed by atoms with Crippen molar-refractivity contribution in [3.05, 3.63) is 101 Å². The Morgan fingerprint density at radius 3 is 2.31 bits per heavy atom. The highest BCUT2D eigenvalue weighted by atomic mass is 35.5. The number of hydrogen-bond donors (Lipinski definition) is 1. The molecule has 212 valence electrons. The average Bonchev–Trinajstić information content (AvgIpc) is 3.34. The minimum absolute atomic E-state index is 0.0512. The first-order chi connectivity index (χ1) is 20.1. The van der Waals surface area contributed by atoms with Gasteiger partial charge < -0.3 is 5.11 Å². The van der Waals surface area contributed by atoms with Crippen LogP contribution in [0.5, 0.6) is 5.75 Å². The molecule has 2 aliphatic heterocycles. The number of hydrogen-bond acceptors (Lipinski definition) is 5. The van der Waals surface area contributed by atoms with Crippen LogP contribution in [0.2, 0.25) is 5.02 Å². The zero-order chi connectivity index (χ0) is 29.5. The van der Waals surface area contributed by atoms with Crippen LogP contribution in [0.4, 0.5) is 11.4 Å². The Kier molecular flexibility index (Phi) is 5.96. The largest absolute Gasteiger partial charge is 0.508 e. The van der Waals surface area contributed by atoms with Gasteiger partial charge in [-0.05, 0) is 80.1 Å². The number of carbonyl (C=O) groups excluding carboxylic acids is 4. The van der Waals surface area contributed by atoms with Gasteiger partial charge in [0, 0.05) is 10.9 Å². The lowest BCUT2D eigenvalue weighted by molar-refractivity contribution is -0.131. The molecule has 0 aromatic heterocycles. The number of imide groups is 2. The number of anilines is 2. The Bertz CT molecular complexity index is 1720. The Hall–Kier alpha value is -4.23. The third-order valence-electron chi connectivity index (χ3n) is 9.91. The van der Waals surface area contributed by atoms with Crippen molar-refractivity contribution >= 4 is 46.6 Å². The number of aromatic hydroxyl groups is 1. The molecular formula is C34H29ClN2O5. The van der Waals surface area contributed by atoms with Gasteiger partial charge in [0.05, 0.1) is 34.5 Å². The highest BCUT2D eigenvalue weighted by Crippen LogP contribution is 2.63. The normalized spacial score (nSPS) is 30.3. The summed E-state index contributed by atoms with van der Waals surface area (Å²) in [5.41, 5.74) is 2.21. The molecule has 0 radical (unpaired) electrons. The van der Waals surface area contributed by atoms with E-state index in [0.29, 0.717) is 28.4 Å². The lowest BCUT2D eigenvalue weighted by Gasteiger charge is -2.49. The molecule has 2 saturated heterocycles.